The standard InChI is InChI=1S/C23H22BrNO3S/c1-18-12-14-20(15-13-18)29(26,27)25(16-19-8-4-3-5-9-19)17-22(24)21-10-6-7-11-23(21)28-2/h3-15,17H,16H2,1-2H3/b22-17-. The maximum absolute atomic E-state index is 13.4. The number of methoxy groups -OCH3 is 1. The van der Waals surface area contributed by atoms with Gasteiger partial charge >= 0.3 is 0 Å². The minimum absolute atomic E-state index is 0.210. The van der Waals surface area contributed by atoms with Crippen LogP contribution in [0.5, 0.6) is 5.75 Å². The van der Waals surface area contributed by atoms with Crippen LogP contribution < -0.4 is 4.74 Å². The molecular weight excluding hydrogens is 450 g/mol. The number of hydrogen-bond acceptors (Lipinski definition) is 3. The topological polar surface area (TPSA) is 46.6 Å². The SMILES string of the molecule is COc1ccccc1/C(Br)=C/N(Cc1ccccc1)S(=O)(=O)c1ccc(C)cc1. The number of rotatable bonds is 7. The highest BCUT2D eigenvalue weighted by Crippen LogP contribution is 2.32. The van der Waals surface area contributed by atoms with Crippen molar-refractivity contribution in [2.24, 2.45) is 0 Å². The Balaban J connectivity index is 2.06. The van der Waals surface area contributed by atoms with Crippen molar-refractivity contribution < 1.29 is 13.2 Å². The fourth-order valence-electron chi connectivity index (χ4n) is 2.85. The maximum Gasteiger partial charge on any atom is 0.264 e. The lowest BCUT2D eigenvalue weighted by Crippen LogP contribution is -2.26. The number of benzene rings is 3. The van der Waals surface area contributed by atoms with Crippen LogP contribution >= 0.6 is 15.9 Å². The van der Waals surface area contributed by atoms with Crippen molar-refractivity contribution in [1.82, 2.24) is 4.31 Å². The summed E-state index contributed by atoms with van der Waals surface area (Å²) in [5.41, 5.74) is 2.66. The number of para-hydroxylation sites is 1. The van der Waals surface area contributed by atoms with E-state index in [0.29, 0.717) is 10.2 Å². The third-order valence-electron chi connectivity index (χ3n) is 4.43. The molecule has 0 saturated carbocycles. The van der Waals surface area contributed by atoms with Crippen molar-refractivity contribution >= 4 is 30.4 Å². The Kier molecular flexibility index (Phi) is 6.77. The van der Waals surface area contributed by atoms with Gasteiger partial charge in [-0.2, -0.15) is 0 Å². The third-order valence-corrected chi connectivity index (χ3v) is 6.78. The lowest BCUT2D eigenvalue weighted by molar-refractivity contribution is 0.413. The molecule has 0 unspecified atom stereocenters. The molecule has 0 amide bonds. The minimum atomic E-state index is -3.75. The zero-order valence-corrected chi connectivity index (χ0v) is 18.7. The van der Waals surface area contributed by atoms with Gasteiger partial charge in [0.15, 0.2) is 0 Å². The molecule has 0 radical (unpaired) electrons. The first kappa shape index (κ1) is 21.1. The van der Waals surface area contributed by atoms with E-state index in [0.717, 1.165) is 16.7 Å². The van der Waals surface area contributed by atoms with Crippen LogP contribution in [0.15, 0.2) is 90.0 Å². The maximum atomic E-state index is 13.4. The molecule has 0 spiro atoms. The van der Waals surface area contributed by atoms with Crippen LogP contribution in [0.3, 0.4) is 0 Å². The Hall–Kier alpha value is -2.57. The van der Waals surface area contributed by atoms with Crippen LogP contribution in [-0.2, 0) is 16.6 Å². The molecule has 0 bridgehead atoms. The minimum Gasteiger partial charge on any atom is -0.496 e. The van der Waals surface area contributed by atoms with E-state index in [1.165, 1.54) is 4.31 Å². The number of aryl methyl sites for hydroxylation is 1. The summed E-state index contributed by atoms with van der Waals surface area (Å²) in [7, 11) is -2.17. The van der Waals surface area contributed by atoms with Crippen LogP contribution in [0, 0.1) is 6.92 Å². The fraction of sp³-hybridized carbons (Fsp3) is 0.130. The van der Waals surface area contributed by atoms with Crippen LogP contribution in [0.4, 0.5) is 0 Å². The average Bonchev–Trinajstić information content (AvgIpc) is 2.74. The summed E-state index contributed by atoms with van der Waals surface area (Å²) >= 11 is 3.54. The van der Waals surface area contributed by atoms with Gasteiger partial charge in [-0.1, -0.05) is 66.2 Å². The van der Waals surface area contributed by atoms with Crippen molar-refractivity contribution in [2.75, 3.05) is 7.11 Å². The molecule has 0 aliphatic carbocycles. The van der Waals surface area contributed by atoms with E-state index in [1.54, 1.807) is 37.6 Å². The largest absolute Gasteiger partial charge is 0.496 e. The second kappa shape index (κ2) is 9.29. The summed E-state index contributed by atoms with van der Waals surface area (Å²) < 4.78 is 34.2. The van der Waals surface area contributed by atoms with Gasteiger partial charge in [0.2, 0.25) is 0 Å². The Morgan fingerprint density at radius 1 is 0.966 bits per heavy atom. The van der Waals surface area contributed by atoms with Gasteiger partial charge in [-0.05, 0) is 46.6 Å². The third kappa shape index (κ3) is 5.08. The summed E-state index contributed by atoms with van der Waals surface area (Å²) in [5.74, 6) is 0.656. The molecule has 0 saturated heterocycles. The van der Waals surface area contributed by atoms with Crippen LogP contribution in [0.2, 0.25) is 0 Å². The van der Waals surface area contributed by atoms with Crippen LogP contribution in [0.25, 0.3) is 4.48 Å². The van der Waals surface area contributed by atoms with Crippen LogP contribution in [-0.4, -0.2) is 19.8 Å². The summed E-state index contributed by atoms with van der Waals surface area (Å²) in [6.07, 6.45) is 1.60. The van der Waals surface area contributed by atoms with E-state index in [2.05, 4.69) is 15.9 Å². The number of halogens is 1. The van der Waals surface area contributed by atoms with Gasteiger partial charge in [-0.25, -0.2) is 8.42 Å². The van der Waals surface area contributed by atoms with E-state index in [-0.39, 0.29) is 11.4 Å². The molecule has 150 valence electrons. The second-order valence-electron chi connectivity index (χ2n) is 6.53. The van der Waals surface area contributed by atoms with Gasteiger partial charge in [0.25, 0.3) is 10.0 Å². The van der Waals surface area contributed by atoms with Gasteiger partial charge < -0.3 is 4.74 Å². The molecule has 0 atom stereocenters. The Morgan fingerprint density at radius 2 is 1.59 bits per heavy atom. The van der Waals surface area contributed by atoms with Gasteiger partial charge in [-0.3, -0.25) is 4.31 Å². The zero-order chi connectivity index (χ0) is 20.9. The molecule has 0 aliphatic rings. The molecule has 4 nitrogen and oxygen atoms in total. The number of sulfonamides is 1. The zero-order valence-electron chi connectivity index (χ0n) is 16.2. The predicted octanol–water partition coefficient (Wildman–Crippen LogP) is 5.59. The van der Waals surface area contributed by atoms with Gasteiger partial charge in [0.05, 0.1) is 18.6 Å². The monoisotopic (exact) mass is 471 g/mol. The first-order valence-electron chi connectivity index (χ1n) is 9.05. The molecule has 3 aromatic rings. The molecule has 0 aliphatic heterocycles. The van der Waals surface area contributed by atoms with Crippen LogP contribution in [0.1, 0.15) is 16.7 Å². The van der Waals surface area contributed by atoms with Crippen molar-refractivity contribution in [3.05, 3.63) is 102 Å². The van der Waals surface area contributed by atoms with Crippen molar-refractivity contribution in [1.29, 1.82) is 0 Å². The molecule has 0 N–H and O–H groups in total. The predicted molar refractivity (Wildman–Crippen MR) is 120 cm³/mol. The molecule has 0 aromatic heterocycles. The average molecular weight is 472 g/mol. The van der Waals surface area contributed by atoms with Crippen molar-refractivity contribution in [2.45, 2.75) is 18.4 Å². The molecule has 3 aromatic carbocycles. The smallest absolute Gasteiger partial charge is 0.264 e. The molecular formula is C23H22BrNO3S. The summed E-state index contributed by atoms with van der Waals surface area (Å²) in [6.45, 7) is 2.14. The fourth-order valence-corrected chi connectivity index (χ4v) is 4.87. The van der Waals surface area contributed by atoms with Gasteiger partial charge in [0, 0.05) is 16.2 Å². The summed E-state index contributed by atoms with van der Waals surface area (Å²) in [4.78, 5) is 0.246. The second-order valence-corrected chi connectivity index (χ2v) is 9.27. The van der Waals surface area contributed by atoms with E-state index in [1.807, 2.05) is 61.5 Å². The van der Waals surface area contributed by atoms with E-state index in [4.69, 9.17) is 4.74 Å². The van der Waals surface area contributed by atoms with Gasteiger partial charge in [-0.15, -0.1) is 0 Å². The Bertz CT molecular complexity index is 1090. The molecule has 3 rings (SSSR count). The quantitative estimate of drug-likeness (QED) is 0.451. The van der Waals surface area contributed by atoms with Gasteiger partial charge in [0.1, 0.15) is 5.75 Å². The van der Waals surface area contributed by atoms with Crippen molar-refractivity contribution in [3.63, 3.8) is 0 Å². The molecule has 0 heterocycles. The highest BCUT2D eigenvalue weighted by Gasteiger charge is 2.23. The lowest BCUT2D eigenvalue weighted by atomic mass is 10.2. The highest BCUT2D eigenvalue weighted by molar-refractivity contribution is 9.15. The Labute approximate surface area is 180 Å². The molecule has 0 fully saturated rings. The number of hydrogen-bond donors (Lipinski definition) is 0. The number of nitrogens with zero attached hydrogens (tertiary/aromatic N) is 1. The first-order valence-corrected chi connectivity index (χ1v) is 11.3. The molecule has 29 heavy (non-hydrogen) atoms. The number of ether oxygens (including phenoxy) is 1. The normalized spacial score (nSPS) is 11.9. The van der Waals surface area contributed by atoms with E-state index >= 15 is 0 Å². The lowest BCUT2D eigenvalue weighted by Gasteiger charge is -2.22. The summed E-state index contributed by atoms with van der Waals surface area (Å²) in [6, 6.07) is 23.8. The first-order chi connectivity index (χ1) is 13.9. The highest BCUT2D eigenvalue weighted by atomic mass is 79.9. The van der Waals surface area contributed by atoms with Crippen molar-refractivity contribution in [3.8, 4) is 5.75 Å². The molecule has 6 heteroatoms. The van der Waals surface area contributed by atoms with E-state index in [9.17, 15) is 8.42 Å². The Morgan fingerprint density at radius 3 is 2.24 bits per heavy atom. The van der Waals surface area contributed by atoms with E-state index < -0.39 is 10.0 Å². The summed E-state index contributed by atoms with van der Waals surface area (Å²) in [5, 5.41) is 0.